The van der Waals surface area contributed by atoms with E-state index < -0.39 is 0 Å². The zero-order valence-electron chi connectivity index (χ0n) is 20.5. The summed E-state index contributed by atoms with van der Waals surface area (Å²) >= 11 is 1.29. The van der Waals surface area contributed by atoms with Crippen molar-refractivity contribution in [2.75, 3.05) is 12.3 Å². The van der Waals surface area contributed by atoms with Gasteiger partial charge in [0.1, 0.15) is 5.52 Å². The summed E-state index contributed by atoms with van der Waals surface area (Å²) in [4.78, 5) is 30.9. The minimum Gasteiger partial charge on any atom is -0.355 e. The molecule has 0 unspecified atom stereocenters. The van der Waals surface area contributed by atoms with Crippen LogP contribution in [0.1, 0.15) is 35.7 Å². The summed E-state index contributed by atoms with van der Waals surface area (Å²) in [5, 5.41) is 8.00. The number of aromatic nitrogens is 4. The molecule has 182 valence electrons. The predicted octanol–water partition coefficient (Wildman–Crippen LogP) is 4.12. The summed E-state index contributed by atoms with van der Waals surface area (Å²) in [5.74, 6) is 0.123. The smallest absolute Gasteiger partial charge is 0.280 e. The maximum Gasteiger partial charge on any atom is 0.280 e. The molecule has 4 aromatic rings. The van der Waals surface area contributed by atoms with Crippen LogP contribution in [0.4, 0.5) is 0 Å². The van der Waals surface area contributed by atoms with Crippen molar-refractivity contribution in [2.24, 2.45) is 0 Å². The molecule has 1 amide bonds. The standard InChI is InChI=1S/C27H31N5O2S/c1-4-32-25-24(20(3)30-32)29-27(31(26(25)34)17-22-14-12-19(2)13-15-22)35-18-23(33)28-16-8-11-21-9-6-5-7-10-21/h5-7,9-10,12-15H,4,8,11,16-18H2,1-3H3,(H,28,33). The van der Waals surface area contributed by atoms with Crippen molar-refractivity contribution in [3.05, 3.63) is 87.3 Å². The van der Waals surface area contributed by atoms with E-state index in [0.29, 0.717) is 41.5 Å². The molecule has 1 N–H and O–H groups in total. The van der Waals surface area contributed by atoms with Crippen molar-refractivity contribution in [3.63, 3.8) is 0 Å². The largest absolute Gasteiger partial charge is 0.355 e. The van der Waals surface area contributed by atoms with Crippen LogP contribution < -0.4 is 10.9 Å². The zero-order valence-corrected chi connectivity index (χ0v) is 21.3. The van der Waals surface area contributed by atoms with E-state index in [1.54, 1.807) is 9.25 Å². The molecule has 0 atom stereocenters. The lowest BCUT2D eigenvalue weighted by molar-refractivity contribution is -0.118. The highest BCUT2D eigenvalue weighted by molar-refractivity contribution is 7.99. The van der Waals surface area contributed by atoms with E-state index >= 15 is 0 Å². The zero-order chi connectivity index (χ0) is 24.8. The molecule has 0 aliphatic rings. The Kier molecular flexibility index (Phi) is 8.02. The lowest BCUT2D eigenvalue weighted by Gasteiger charge is -2.13. The number of carbonyl (C=O) groups is 1. The fraction of sp³-hybridized carbons (Fsp3) is 0.333. The monoisotopic (exact) mass is 489 g/mol. The van der Waals surface area contributed by atoms with Crippen molar-refractivity contribution in [3.8, 4) is 0 Å². The number of carbonyl (C=O) groups excluding carboxylic acids is 1. The van der Waals surface area contributed by atoms with Crippen LogP contribution in [0.2, 0.25) is 0 Å². The maximum absolute atomic E-state index is 13.6. The molecule has 0 saturated carbocycles. The molecule has 2 heterocycles. The first-order chi connectivity index (χ1) is 17.0. The minimum absolute atomic E-state index is 0.0692. The van der Waals surface area contributed by atoms with Crippen LogP contribution in [0.15, 0.2) is 64.5 Å². The predicted molar refractivity (Wildman–Crippen MR) is 141 cm³/mol. The Balaban J connectivity index is 1.50. The van der Waals surface area contributed by atoms with E-state index in [4.69, 9.17) is 4.98 Å². The summed E-state index contributed by atoms with van der Waals surface area (Å²) in [5.41, 5.74) is 5.11. The second kappa shape index (κ2) is 11.4. The van der Waals surface area contributed by atoms with E-state index in [1.165, 1.54) is 17.3 Å². The highest BCUT2D eigenvalue weighted by Gasteiger charge is 2.19. The van der Waals surface area contributed by atoms with Gasteiger partial charge in [0.2, 0.25) is 5.91 Å². The maximum atomic E-state index is 13.6. The van der Waals surface area contributed by atoms with Gasteiger partial charge in [-0.1, -0.05) is 71.9 Å². The Morgan fingerprint density at radius 1 is 1.03 bits per heavy atom. The number of hydrogen-bond donors (Lipinski definition) is 1. The Hall–Kier alpha value is -3.39. The van der Waals surface area contributed by atoms with Gasteiger partial charge in [0.25, 0.3) is 5.56 Å². The Bertz CT molecular complexity index is 1360. The second-order valence-corrected chi connectivity index (χ2v) is 9.54. The van der Waals surface area contributed by atoms with Crippen LogP contribution in [-0.4, -0.2) is 37.5 Å². The molecule has 4 rings (SSSR count). The number of nitrogens with one attached hydrogen (secondary N) is 1. The van der Waals surface area contributed by atoms with E-state index in [1.807, 2.05) is 63.2 Å². The van der Waals surface area contributed by atoms with Crippen molar-refractivity contribution < 1.29 is 4.79 Å². The van der Waals surface area contributed by atoms with Crippen LogP contribution in [0, 0.1) is 13.8 Å². The Labute approximate surface area is 209 Å². The van der Waals surface area contributed by atoms with Crippen LogP contribution >= 0.6 is 11.8 Å². The SMILES string of the molecule is CCn1nc(C)c2nc(SCC(=O)NCCCc3ccccc3)n(Cc3ccc(C)cc3)c(=O)c21. The molecule has 0 spiro atoms. The first-order valence-electron chi connectivity index (χ1n) is 11.9. The van der Waals surface area contributed by atoms with Crippen LogP contribution in [0.25, 0.3) is 11.0 Å². The molecule has 0 bridgehead atoms. The Morgan fingerprint density at radius 2 is 1.77 bits per heavy atom. The molecule has 0 aliphatic heterocycles. The van der Waals surface area contributed by atoms with E-state index in [2.05, 4.69) is 22.5 Å². The third-order valence-corrected chi connectivity index (χ3v) is 6.86. The van der Waals surface area contributed by atoms with E-state index in [9.17, 15) is 9.59 Å². The molecule has 0 aliphatic carbocycles. The first-order valence-corrected chi connectivity index (χ1v) is 12.9. The van der Waals surface area contributed by atoms with Gasteiger partial charge < -0.3 is 5.32 Å². The molecular formula is C27H31N5O2S. The summed E-state index contributed by atoms with van der Waals surface area (Å²) in [7, 11) is 0. The minimum atomic E-state index is -0.135. The van der Waals surface area contributed by atoms with Gasteiger partial charge in [-0.05, 0) is 44.7 Å². The molecule has 2 aromatic carbocycles. The van der Waals surface area contributed by atoms with Gasteiger partial charge in [0.05, 0.1) is 18.0 Å². The van der Waals surface area contributed by atoms with Gasteiger partial charge in [-0.2, -0.15) is 5.10 Å². The number of hydrogen-bond acceptors (Lipinski definition) is 5. The number of benzene rings is 2. The summed E-state index contributed by atoms with van der Waals surface area (Å²) in [6.45, 7) is 7.44. The van der Waals surface area contributed by atoms with E-state index in [0.717, 1.165) is 24.0 Å². The summed E-state index contributed by atoms with van der Waals surface area (Å²) in [6, 6.07) is 18.3. The number of amides is 1. The van der Waals surface area contributed by atoms with Crippen LogP contribution in [-0.2, 0) is 24.3 Å². The van der Waals surface area contributed by atoms with Crippen molar-refractivity contribution in [2.45, 2.75) is 51.9 Å². The molecule has 8 heteroatoms. The topological polar surface area (TPSA) is 81.8 Å². The second-order valence-electron chi connectivity index (χ2n) is 8.60. The third kappa shape index (κ3) is 6.00. The van der Waals surface area contributed by atoms with Crippen molar-refractivity contribution in [1.82, 2.24) is 24.6 Å². The van der Waals surface area contributed by atoms with Gasteiger partial charge in [0.15, 0.2) is 10.7 Å². The van der Waals surface area contributed by atoms with Gasteiger partial charge in [-0.25, -0.2) is 4.98 Å². The quantitative estimate of drug-likeness (QED) is 0.206. The lowest BCUT2D eigenvalue weighted by Crippen LogP contribution is -2.28. The molecule has 0 fully saturated rings. The highest BCUT2D eigenvalue weighted by atomic mass is 32.2. The number of aryl methyl sites for hydroxylation is 4. The Morgan fingerprint density at radius 3 is 2.49 bits per heavy atom. The van der Waals surface area contributed by atoms with E-state index in [-0.39, 0.29) is 17.2 Å². The van der Waals surface area contributed by atoms with Gasteiger partial charge >= 0.3 is 0 Å². The van der Waals surface area contributed by atoms with Crippen molar-refractivity contribution >= 4 is 28.7 Å². The fourth-order valence-corrected chi connectivity index (χ4v) is 4.81. The van der Waals surface area contributed by atoms with Crippen molar-refractivity contribution in [1.29, 1.82) is 0 Å². The molecule has 0 saturated heterocycles. The molecule has 7 nitrogen and oxygen atoms in total. The molecule has 0 radical (unpaired) electrons. The summed E-state index contributed by atoms with van der Waals surface area (Å²) < 4.78 is 3.37. The van der Waals surface area contributed by atoms with Gasteiger partial charge in [-0.15, -0.1) is 0 Å². The summed E-state index contributed by atoms with van der Waals surface area (Å²) in [6.07, 6.45) is 1.79. The number of rotatable bonds is 10. The number of fused-ring (bicyclic) bond motifs is 1. The average molecular weight is 490 g/mol. The van der Waals surface area contributed by atoms with Gasteiger partial charge in [0, 0.05) is 13.1 Å². The van der Waals surface area contributed by atoms with Crippen LogP contribution in [0.3, 0.4) is 0 Å². The number of nitrogens with zero attached hydrogens (tertiary/aromatic N) is 4. The molecule has 2 aromatic heterocycles. The lowest BCUT2D eigenvalue weighted by atomic mass is 10.1. The number of thioether (sulfide) groups is 1. The molecular weight excluding hydrogens is 458 g/mol. The third-order valence-electron chi connectivity index (χ3n) is 5.88. The van der Waals surface area contributed by atoms with Crippen LogP contribution in [0.5, 0.6) is 0 Å². The molecule has 35 heavy (non-hydrogen) atoms. The first kappa shape index (κ1) is 24.7. The normalized spacial score (nSPS) is 11.2. The van der Waals surface area contributed by atoms with Gasteiger partial charge in [-0.3, -0.25) is 18.8 Å². The fourth-order valence-electron chi connectivity index (χ4n) is 3.99. The average Bonchev–Trinajstić information content (AvgIpc) is 3.20. The highest BCUT2D eigenvalue weighted by Crippen LogP contribution is 2.21.